The van der Waals surface area contributed by atoms with Gasteiger partial charge in [0.25, 0.3) is 0 Å². The summed E-state index contributed by atoms with van der Waals surface area (Å²) in [7, 11) is 0. The molecule has 1 unspecified atom stereocenters. The Labute approximate surface area is 118 Å². The van der Waals surface area contributed by atoms with E-state index in [-0.39, 0.29) is 17.6 Å². The van der Waals surface area contributed by atoms with Crippen LogP contribution in [0, 0.1) is 11.7 Å². The van der Waals surface area contributed by atoms with Gasteiger partial charge in [0.1, 0.15) is 5.82 Å². The molecule has 1 aliphatic rings. The summed E-state index contributed by atoms with van der Waals surface area (Å²) >= 11 is 0. The molecular weight excluding hydrogens is 259 g/mol. The van der Waals surface area contributed by atoms with Gasteiger partial charge in [0, 0.05) is 13.2 Å². The second kappa shape index (κ2) is 7.36. The number of carbonyl (C=O) groups excluding carboxylic acids is 1. The van der Waals surface area contributed by atoms with Crippen molar-refractivity contribution in [1.29, 1.82) is 0 Å². The molecule has 1 aromatic carbocycles. The summed E-state index contributed by atoms with van der Waals surface area (Å²) < 4.78 is 19.3. The summed E-state index contributed by atoms with van der Waals surface area (Å²) in [5.74, 6) is -0.626. The number of hydrogen-bond donors (Lipinski definition) is 1. The molecule has 0 aliphatic carbocycles. The highest BCUT2D eigenvalue weighted by Gasteiger charge is 2.28. The molecule has 4 nitrogen and oxygen atoms in total. The largest absolute Gasteiger partial charge is 0.381 e. The Morgan fingerprint density at radius 1 is 1.45 bits per heavy atom. The molecule has 1 heterocycles. The quantitative estimate of drug-likeness (QED) is 0.896. The molecule has 5 heteroatoms. The van der Waals surface area contributed by atoms with Crippen molar-refractivity contribution in [3.8, 4) is 0 Å². The van der Waals surface area contributed by atoms with Gasteiger partial charge >= 0.3 is 0 Å². The van der Waals surface area contributed by atoms with Crippen LogP contribution in [0.15, 0.2) is 24.3 Å². The molecule has 0 saturated carbocycles. The Kier molecular flexibility index (Phi) is 5.49. The number of carbonyl (C=O) groups is 1. The summed E-state index contributed by atoms with van der Waals surface area (Å²) in [5, 5.41) is 0. The monoisotopic (exact) mass is 280 g/mol. The van der Waals surface area contributed by atoms with Gasteiger partial charge in [0.05, 0.1) is 18.2 Å². The van der Waals surface area contributed by atoms with E-state index in [1.54, 1.807) is 18.2 Å². The minimum absolute atomic E-state index is 0.0664. The third-order valence-corrected chi connectivity index (χ3v) is 3.50. The maximum absolute atomic E-state index is 13.9. The van der Waals surface area contributed by atoms with Crippen LogP contribution in [0.1, 0.15) is 19.3 Å². The lowest BCUT2D eigenvalue weighted by Crippen LogP contribution is -2.41. The van der Waals surface area contributed by atoms with E-state index in [9.17, 15) is 9.18 Å². The first-order valence-electron chi connectivity index (χ1n) is 7.07. The van der Waals surface area contributed by atoms with Gasteiger partial charge in [-0.1, -0.05) is 12.1 Å². The smallest absolute Gasteiger partial charge is 0.232 e. The maximum atomic E-state index is 13.9. The van der Waals surface area contributed by atoms with Crippen LogP contribution in [0.5, 0.6) is 0 Å². The molecule has 1 aromatic rings. The summed E-state index contributed by atoms with van der Waals surface area (Å²) in [6.45, 7) is 2.03. The van der Waals surface area contributed by atoms with E-state index in [2.05, 4.69) is 0 Å². The van der Waals surface area contributed by atoms with Gasteiger partial charge in [-0.3, -0.25) is 4.79 Å². The van der Waals surface area contributed by atoms with Crippen molar-refractivity contribution >= 4 is 11.6 Å². The van der Waals surface area contributed by atoms with E-state index in [1.807, 2.05) is 0 Å². The first-order chi connectivity index (χ1) is 9.74. The van der Waals surface area contributed by atoms with Gasteiger partial charge in [-0.05, 0) is 37.9 Å². The lowest BCUT2D eigenvalue weighted by Gasteiger charge is -2.29. The van der Waals surface area contributed by atoms with E-state index < -0.39 is 0 Å². The zero-order valence-corrected chi connectivity index (χ0v) is 11.6. The van der Waals surface area contributed by atoms with E-state index in [0.717, 1.165) is 12.8 Å². The molecule has 1 atom stereocenters. The first-order valence-corrected chi connectivity index (χ1v) is 7.07. The molecule has 2 rings (SSSR count). The highest BCUT2D eigenvalue weighted by atomic mass is 19.1. The third-order valence-electron chi connectivity index (χ3n) is 3.50. The van der Waals surface area contributed by atoms with Crippen LogP contribution in [0.4, 0.5) is 10.1 Å². The van der Waals surface area contributed by atoms with Crippen LogP contribution in [-0.4, -0.2) is 32.2 Å². The number of hydrogen-bond acceptors (Lipinski definition) is 3. The Balaban J connectivity index is 2.18. The minimum atomic E-state index is -0.380. The van der Waals surface area contributed by atoms with Crippen molar-refractivity contribution in [2.75, 3.05) is 31.2 Å². The molecule has 0 bridgehead atoms. The molecule has 1 aliphatic heterocycles. The van der Waals surface area contributed by atoms with Gasteiger partial charge in [-0.15, -0.1) is 0 Å². The Bertz CT molecular complexity index is 447. The summed E-state index contributed by atoms with van der Waals surface area (Å²) in [6, 6.07) is 6.36. The summed E-state index contributed by atoms with van der Waals surface area (Å²) in [4.78, 5) is 14.1. The lowest BCUT2D eigenvalue weighted by atomic mass is 10.00. The number of halogens is 1. The van der Waals surface area contributed by atoms with Crippen LogP contribution in [0.3, 0.4) is 0 Å². The van der Waals surface area contributed by atoms with Gasteiger partial charge in [-0.25, -0.2) is 4.39 Å². The standard InChI is InChI=1S/C15H21FN2O2/c16-13-6-1-2-7-14(13)18(9-4-8-17)15(19)12-5-3-10-20-11-12/h1-2,6-7,12H,3-5,8-11,17H2. The SMILES string of the molecule is NCCCN(C(=O)C1CCCOC1)c1ccccc1F. The topological polar surface area (TPSA) is 55.6 Å². The van der Waals surface area contributed by atoms with E-state index in [4.69, 9.17) is 10.5 Å². The van der Waals surface area contributed by atoms with Gasteiger partial charge in [0.15, 0.2) is 0 Å². The molecule has 20 heavy (non-hydrogen) atoms. The molecule has 1 amide bonds. The number of rotatable bonds is 5. The molecule has 110 valence electrons. The fourth-order valence-corrected chi connectivity index (χ4v) is 2.43. The van der Waals surface area contributed by atoms with Crippen LogP contribution < -0.4 is 10.6 Å². The lowest BCUT2D eigenvalue weighted by molar-refractivity contribution is -0.126. The second-order valence-electron chi connectivity index (χ2n) is 5.00. The summed E-state index contributed by atoms with van der Waals surface area (Å²) in [6.07, 6.45) is 2.32. The first kappa shape index (κ1) is 14.9. The van der Waals surface area contributed by atoms with Crippen LogP contribution in [0.25, 0.3) is 0 Å². The molecule has 1 fully saturated rings. The minimum Gasteiger partial charge on any atom is -0.381 e. The highest BCUT2D eigenvalue weighted by Crippen LogP contribution is 2.24. The predicted octanol–water partition coefficient (Wildman–Crippen LogP) is 1.93. The highest BCUT2D eigenvalue weighted by molar-refractivity contribution is 5.95. The fraction of sp³-hybridized carbons (Fsp3) is 0.533. The molecule has 0 radical (unpaired) electrons. The van der Waals surface area contributed by atoms with E-state index in [1.165, 1.54) is 11.0 Å². The number of para-hydroxylation sites is 1. The number of ether oxygens (including phenoxy) is 1. The molecule has 0 spiro atoms. The third kappa shape index (κ3) is 3.55. The number of anilines is 1. The van der Waals surface area contributed by atoms with E-state index >= 15 is 0 Å². The van der Waals surface area contributed by atoms with Crippen molar-refractivity contribution in [1.82, 2.24) is 0 Å². The van der Waals surface area contributed by atoms with E-state index in [0.29, 0.717) is 38.4 Å². The Morgan fingerprint density at radius 3 is 2.90 bits per heavy atom. The zero-order chi connectivity index (χ0) is 14.4. The van der Waals surface area contributed by atoms with Crippen molar-refractivity contribution in [2.24, 2.45) is 11.7 Å². The number of nitrogens with two attached hydrogens (primary N) is 1. The normalized spacial score (nSPS) is 18.8. The van der Waals surface area contributed by atoms with Crippen LogP contribution >= 0.6 is 0 Å². The van der Waals surface area contributed by atoms with Gasteiger partial charge < -0.3 is 15.4 Å². The number of nitrogens with zero attached hydrogens (tertiary/aromatic N) is 1. The van der Waals surface area contributed by atoms with Gasteiger partial charge in [-0.2, -0.15) is 0 Å². The summed E-state index contributed by atoms with van der Waals surface area (Å²) in [5.41, 5.74) is 5.85. The van der Waals surface area contributed by atoms with Crippen molar-refractivity contribution in [3.63, 3.8) is 0 Å². The molecule has 1 saturated heterocycles. The molecular formula is C15H21FN2O2. The van der Waals surface area contributed by atoms with Crippen LogP contribution in [-0.2, 0) is 9.53 Å². The molecule has 0 aromatic heterocycles. The predicted molar refractivity (Wildman–Crippen MR) is 76.0 cm³/mol. The molecule has 2 N–H and O–H groups in total. The Hall–Kier alpha value is -1.46. The average molecular weight is 280 g/mol. The van der Waals surface area contributed by atoms with Crippen LogP contribution in [0.2, 0.25) is 0 Å². The van der Waals surface area contributed by atoms with Gasteiger partial charge in [0.2, 0.25) is 5.91 Å². The van der Waals surface area contributed by atoms with Crippen molar-refractivity contribution < 1.29 is 13.9 Å². The van der Waals surface area contributed by atoms with Crippen molar-refractivity contribution in [2.45, 2.75) is 19.3 Å². The van der Waals surface area contributed by atoms with Crippen molar-refractivity contribution in [3.05, 3.63) is 30.1 Å². The zero-order valence-electron chi connectivity index (χ0n) is 11.6. The number of amides is 1. The fourth-order valence-electron chi connectivity index (χ4n) is 2.43. The Morgan fingerprint density at radius 2 is 2.25 bits per heavy atom. The average Bonchev–Trinajstić information content (AvgIpc) is 2.50. The maximum Gasteiger partial charge on any atom is 0.232 e. The second-order valence-corrected chi connectivity index (χ2v) is 5.00. The number of benzene rings is 1.